The molecule has 2 aromatic rings. The number of nitrogens with zero attached hydrogens (tertiary/aromatic N) is 1. The molecule has 3 rings (SSSR count). The summed E-state index contributed by atoms with van der Waals surface area (Å²) in [6.07, 6.45) is 2.08. The van der Waals surface area contributed by atoms with Crippen molar-refractivity contribution in [3.63, 3.8) is 0 Å². The van der Waals surface area contributed by atoms with Crippen LogP contribution in [0.3, 0.4) is 0 Å². The van der Waals surface area contributed by atoms with Crippen LogP contribution in [-0.2, 0) is 22.5 Å². The van der Waals surface area contributed by atoms with Gasteiger partial charge in [0.25, 0.3) is 0 Å². The van der Waals surface area contributed by atoms with Crippen molar-refractivity contribution in [2.45, 2.75) is 25.4 Å². The summed E-state index contributed by atoms with van der Waals surface area (Å²) in [5.41, 5.74) is 2.53. The minimum Gasteiger partial charge on any atom is -0.482 e. The number of hydrogen-bond acceptors (Lipinski definition) is 4. The van der Waals surface area contributed by atoms with Crippen molar-refractivity contribution >= 4 is 5.97 Å². The van der Waals surface area contributed by atoms with E-state index in [-0.39, 0.29) is 6.61 Å². The Kier molecular flexibility index (Phi) is 6.63. The molecule has 1 aliphatic rings. The number of benzene rings is 2. The Morgan fingerprint density at radius 1 is 1.12 bits per heavy atom. The zero-order valence-electron chi connectivity index (χ0n) is 14.8. The molecule has 5 nitrogen and oxygen atoms in total. The van der Waals surface area contributed by atoms with Crippen LogP contribution in [0.5, 0.6) is 5.75 Å². The van der Waals surface area contributed by atoms with Gasteiger partial charge in [0, 0.05) is 25.7 Å². The number of hydrogen-bond donors (Lipinski definition) is 1. The molecular weight excluding hydrogens is 330 g/mol. The van der Waals surface area contributed by atoms with E-state index in [0.29, 0.717) is 11.8 Å². The quantitative estimate of drug-likeness (QED) is 0.749. The topological polar surface area (TPSA) is 59.0 Å². The predicted molar refractivity (Wildman–Crippen MR) is 99.4 cm³/mol. The van der Waals surface area contributed by atoms with Crippen LogP contribution in [0.25, 0.3) is 0 Å². The highest BCUT2D eigenvalue weighted by atomic mass is 16.5. The molecule has 1 N–H and O–H groups in total. The van der Waals surface area contributed by atoms with Gasteiger partial charge in [-0.15, -0.1) is 0 Å². The third-order valence-electron chi connectivity index (χ3n) is 4.62. The Morgan fingerprint density at radius 3 is 2.54 bits per heavy atom. The summed E-state index contributed by atoms with van der Waals surface area (Å²) in [5.74, 6) is -0.390. The first-order chi connectivity index (χ1) is 12.7. The number of carboxylic acids is 1. The van der Waals surface area contributed by atoms with Gasteiger partial charge >= 0.3 is 5.97 Å². The van der Waals surface area contributed by atoms with E-state index in [9.17, 15) is 4.79 Å². The fraction of sp³-hybridized carbons (Fsp3) is 0.381. The molecule has 1 unspecified atom stereocenters. The van der Waals surface area contributed by atoms with Crippen LogP contribution in [0.1, 0.15) is 17.5 Å². The lowest BCUT2D eigenvalue weighted by Crippen LogP contribution is -2.36. The molecule has 2 aromatic carbocycles. The SMILES string of the molecule is O=C(O)COc1ccc(CN(CCc2ccccc2)C2CCOC2)cc1. The molecule has 0 spiro atoms. The molecule has 0 radical (unpaired) electrons. The van der Waals surface area contributed by atoms with E-state index in [2.05, 4.69) is 29.2 Å². The van der Waals surface area contributed by atoms with Gasteiger partial charge in [-0.1, -0.05) is 42.5 Å². The monoisotopic (exact) mass is 355 g/mol. The van der Waals surface area contributed by atoms with Crippen molar-refractivity contribution in [1.29, 1.82) is 0 Å². The summed E-state index contributed by atoms with van der Waals surface area (Å²) >= 11 is 0. The van der Waals surface area contributed by atoms with Gasteiger partial charge in [0.05, 0.1) is 6.61 Å². The second-order valence-electron chi connectivity index (χ2n) is 6.55. The number of rotatable bonds is 9. The van der Waals surface area contributed by atoms with Crippen molar-refractivity contribution in [1.82, 2.24) is 4.90 Å². The third kappa shape index (κ3) is 5.58. The van der Waals surface area contributed by atoms with Gasteiger partial charge < -0.3 is 14.6 Å². The van der Waals surface area contributed by atoms with Crippen LogP contribution in [0.15, 0.2) is 54.6 Å². The van der Waals surface area contributed by atoms with Gasteiger partial charge in [-0.05, 0) is 36.1 Å². The van der Waals surface area contributed by atoms with E-state index in [1.807, 2.05) is 30.3 Å². The fourth-order valence-electron chi connectivity index (χ4n) is 3.19. The maximum Gasteiger partial charge on any atom is 0.341 e. The first kappa shape index (κ1) is 18.4. The van der Waals surface area contributed by atoms with Crippen molar-refractivity contribution in [3.05, 3.63) is 65.7 Å². The molecule has 1 saturated heterocycles. The molecule has 0 amide bonds. The summed E-state index contributed by atoms with van der Waals surface area (Å²) in [7, 11) is 0. The molecule has 1 aliphatic heterocycles. The maximum atomic E-state index is 10.6. The van der Waals surface area contributed by atoms with Crippen molar-refractivity contribution in [2.75, 3.05) is 26.4 Å². The average molecular weight is 355 g/mol. The Labute approximate surface area is 154 Å². The number of carboxylic acid groups (broad SMARTS) is 1. The molecule has 1 heterocycles. The number of carbonyl (C=O) groups is 1. The minimum absolute atomic E-state index is 0.317. The molecule has 138 valence electrons. The predicted octanol–water partition coefficient (Wildman–Crippen LogP) is 2.98. The largest absolute Gasteiger partial charge is 0.482 e. The summed E-state index contributed by atoms with van der Waals surface area (Å²) in [5, 5.41) is 8.68. The van der Waals surface area contributed by atoms with Crippen LogP contribution in [0.4, 0.5) is 0 Å². The Balaban J connectivity index is 1.60. The molecule has 5 heteroatoms. The third-order valence-corrected chi connectivity index (χ3v) is 4.62. The normalized spacial score (nSPS) is 16.7. The van der Waals surface area contributed by atoms with E-state index in [4.69, 9.17) is 14.6 Å². The summed E-state index contributed by atoms with van der Waals surface area (Å²) in [4.78, 5) is 13.1. The van der Waals surface area contributed by atoms with Crippen LogP contribution in [0.2, 0.25) is 0 Å². The Morgan fingerprint density at radius 2 is 1.88 bits per heavy atom. The fourth-order valence-corrected chi connectivity index (χ4v) is 3.19. The average Bonchev–Trinajstić information content (AvgIpc) is 3.20. The lowest BCUT2D eigenvalue weighted by Gasteiger charge is -2.28. The number of ether oxygens (including phenoxy) is 2. The van der Waals surface area contributed by atoms with E-state index in [1.165, 1.54) is 11.1 Å². The standard InChI is InChI=1S/C21H25NO4/c23-21(24)16-26-20-8-6-18(7-9-20)14-22(19-11-13-25-15-19)12-10-17-4-2-1-3-5-17/h1-9,19H,10-16H2,(H,23,24). The molecule has 26 heavy (non-hydrogen) atoms. The minimum atomic E-state index is -0.970. The lowest BCUT2D eigenvalue weighted by atomic mass is 10.1. The summed E-state index contributed by atoms with van der Waals surface area (Å²) in [6, 6.07) is 18.6. The first-order valence-corrected chi connectivity index (χ1v) is 9.00. The van der Waals surface area contributed by atoms with E-state index < -0.39 is 5.97 Å². The van der Waals surface area contributed by atoms with E-state index in [1.54, 1.807) is 0 Å². The molecule has 0 aromatic heterocycles. The van der Waals surface area contributed by atoms with Gasteiger partial charge in [0.15, 0.2) is 6.61 Å². The van der Waals surface area contributed by atoms with E-state index >= 15 is 0 Å². The zero-order chi connectivity index (χ0) is 18.2. The summed E-state index contributed by atoms with van der Waals surface area (Å²) < 4.78 is 10.8. The molecule has 0 aliphatic carbocycles. The molecule has 1 fully saturated rings. The maximum absolute atomic E-state index is 10.6. The van der Waals surface area contributed by atoms with Crippen LogP contribution < -0.4 is 4.74 Å². The number of aliphatic carboxylic acids is 1. The van der Waals surface area contributed by atoms with Crippen molar-refractivity contribution in [3.8, 4) is 5.75 Å². The molecule has 0 bridgehead atoms. The Bertz CT molecular complexity index is 681. The highest BCUT2D eigenvalue weighted by Gasteiger charge is 2.23. The Hall–Kier alpha value is -2.37. The van der Waals surface area contributed by atoms with Gasteiger partial charge in [0.2, 0.25) is 0 Å². The lowest BCUT2D eigenvalue weighted by molar-refractivity contribution is -0.139. The second kappa shape index (κ2) is 9.36. The van der Waals surface area contributed by atoms with Gasteiger partial charge in [-0.3, -0.25) is 4.90 Å². The van der Waals surface area contributed by atoms with Crippen LogP contribution in [0, 0.1) is 0 Å². The van der Waals surface area contributed by atoms with Crippen LogP contribution >= 0.6 is 0 Å². The summed E-state index contributed by atoms with van der Waals surface area (Å²) in [6.45, 7) is 3.13. The molecule has 0 saturated carbocycles. The van der Waals surface area contributed by atoms with Gasteiger partial charge in [0.1, 0.15) is 5.75 Å². The highest BCUT2D eigenvalue weighted by molar-refractivity contribution is 5.68. The second-order valence-corrected chi connectivity index (χ2v) is 6.55. The smallest absolute Gasteiger partial charge is 0.341 e. The van der Waals surface area contributed by atoms with Gasteiger partial charge in [-0.25, -0.2) is 4.79 Å². The van der Waals surface area contributed by atoms with Gasteiger partial charge in [-0.2, -0.15) is 0 Å². The zero-order valence-corrected chi connectivity index (χ0v) is 14.8. The molecule has 1 atom stereocenters. The highest BCUT2D eigenvalue weighted by Crippen LogP contribution is 2.19. The molecular formula is C21H25NO4. The van der Waals surface area contributed by atoms with Crippen molar-refractivity contribution < 1.29 is 19.4 Å². The van der Waals surface area contributed by atoms with Crippen molar-refractivity contribution in [2.24, 2.45) is 0 Å². The van der Waals surface area contributed by atoms with Crippen LogP contribution in [-0.4, -0.2) is 48.4 Å². The van der Waals surface area contributed by atoms with E-state index in [0.717, 1.165) is 39.1 Å². The first-order valence-electron chi connectivity index (χ1n) is 9.00.